The summed E-state index contributed by atoms with van der Waals surface area (Å²) in [6.45, 7) is 1.77. The Morgan fingerprint density at radius 1 is 1.39 bits per heavy atom. The summed E-state index contributed by atoms with van der Waals surface area (Å²) in [5.41, 5.74) is 1.09. The summed E-state index contributed by atoms with van der Waals surface area (Å²) < 4.78 is 0.793. The first kappa shape index (κ1) is 13.0. The van der Waals surface area contributed by atoms with Crippen molar-refractivity contribution >= 4 is 34.0 Å². The van der Waals surface area contributed by atoms with Crippen LogP contribution in [0.5, 0.6) is 0 Å². The zero-order valence-corrected chi connectivity index (χ0v) is 11.8. The van der Waals surface area contributed by atoms with Crippen LogP contribution in [-0.4, -0.2) is 16.3 Å². The summed E-state index contributed by atoms with van der Waals surface area (Å²) >= 11 is 4.72. The maximum absolute atomic E-state index is 11.3. The lowest BCUT2D eigenvalue weighted by molar-refractivity contribution is 0.112. The van der Waals surface area contributed by atoms with Crippen molar-refractivity contribution in [1.82, 2.24) is 9.97 Å². The molecular formula is C12H9BrN2O2S. The van der Waals surface area contributed by atoms with E-state index in [0.29, 0.717) is 16.4 Å². The first-order chi connectivity index (χ1) is 8.58. The van der Waals surface area contributed by atoms with Gasteiger partial charge in [0, 0.05) is 26.7 Å². The smallest absolute Gasteiger partial charge is 0.251 e. The molecule has 4 nitrogen and oxygen atoms in total. The molecule has 0 atom stereocenters. The van der Waals surface area contributed by atoms with Crippen LogP contribution in [0.3, 0.4) is 0 Å². The number of nitrogens with one attached hydrogen (secondary N) is 1. The minimum Gasteiger partial charge on any atom is -0.301 e. The summed E-state index contributed by atoms with van der Waals surface area (Å²) in [4.78, 5) is 29.7. The number of aryl methyl sites for hydroxylation is 1. The number of H-pyrrole nitrogens is 1. The van der Waals surface area contributed by atoms with Gasteiger partial charge < -0.3 is 4.98 Å². The Labute approximate surface area is 116 Å². The molecule has 0 aliphatic rings. The summed E-state index contributed by atoms with van der Waals surface area (Å²) in [6, 6.07) is 6.69. The molecule has 0 saturated heterocycles. The number of carbonyl (C=O) groups excluding carboxylic acids is 1. The monoisotopic (exact) mass is 324 g/mol. The molecule has 1 heterocycles. The number of aromatic nitrogens is 2. The van der Waals surface area contributed by atoms with Crippen LogP contribution in [0.4, 0.5) is 0 Å². The van der Waals surface area contributed by atoms with Gasteiger partial charge in [-0.1, -0.05) is 17.8 Å². The topological polar surface area (TPSA) is 62.8 Å². The van der Waals surface area contributed by atoms with E-state index in [4.69, 9.17) is 0 Å². The van der Waals surface area contributed by atoms with Crippen LogP contribution in [-0.2, 0) is 0 Å². The Kier molecular flexibility index (Phi) is 3.98. The van der Waals surface area contributed by atoms with Crippen molar-refractivity contribution in [3.63, 3.8) is 0 Å². The molecule has 0 fully saturated rings. The van der Waals surface area contributed by atoms with Gasteiger partial charge in [-0.2, -0.15) is 0 Å². The second-order valence-corrected chi connectivity index (χ2v) is 5.49. The molecule has 92 valence electrons. The van der Waals surface area contributed by atoms with Crippen LogP contribution in [0.25, 0.3) is 0 Å². The van der Waals surface area contributed by atoms with E-state index in [0.717, 1.165) is 15.7 Å². The molecule has 0 saturated carbocycles. The number of benzene rings is 1. The molecular weight excluding hydrogens is 316 g/mol. The van der Waals surface area contributed by atoms with E-state index in [1.807, 2.05) is 0 Å². The fraction of sp³-hybridized carbons (Fsp3) is 0.0833. The Morgan fingerprint density at radius 2 is 2.17 bits per heavy atom. The van der Waals surface area contributed by atoms with Crippen LogP contribution in [0.1, 0.15) is 16.1 Å². The third kappa shape index (κ3) is 3.08. The molecule has 18 heavy (non-hydrogen) atoms. The predicted octanol–water partition coefficient (Wildman–Crippen LogP) is 2.80. The Balaban J connectivity index is 2.33. The highest BCUT2D eigenvalue weighted by Crippen LogP contribution is 2.31. The zero-order valence-electron chi connectivity index (χ0n) is 9.44. The van der Waals surface area contributed by atoms with Gasteiger partial charge in [0.2, 0.25) is 0 Å². The van der Waals surface area contributed by atoms with Crippen molar-refractivity contribution in [2.24, 2.45) is 0 Å². The number of halogens is 1. The van der Waals surface area contributed by atoms with E-state index in [2.05, 4.69) is 25.9 Å². The van der Waals surface area contributed by atoms with Crippen molar-refractivity contribution in [3.8, 4) is 0 Å². The number of aromatic amines is 1. The lowest BCUT2D eigenvalue weighted by Gasteiger charge is -2.04. The van der Waals surface area contributed by atoms with Crippen molar-refractivity contribution in [3.05, 3.63) is 50.3 Å². The van der Waals surface area contributed by atoms with Crippen molar-refractivity contribution in [1.29, 1.82) is 0 Å². The normalized spacial score (nSPS) is 10.3. The van der Waals surface area contributed by atoms with Gasteiger partial charge >= 0.3 is 0 Å². The van der Waals surface area contributed by atoms with E-state index in [1.165, 1.54) is 17.8 Å². The van der Waals surface area contributed by atoms with Gasteiger partial charge in [-0.05, 0) is 35.0 Å². The Hall–Kier alpha value is -1.40. The van der Waals surface area contributed by atoms with Gasteiger partial charge in [0.25, 0.3) is 5.56 Å². The first-order valence-corrected chi connectivity index (χ1v) is 6.70. The number of hydrogen-bond acceptors (Lipinski definition) is 4. The van der Waals surface area contributed by atoms with Gasteiger partial charge in [0.05, 0.1) is 0 Å². The molecule has 0 radical (unpaired) electrons. The fourth-order valence-corrected chi connectivity index (χ4v) is 2.86. The maximum Gasteiger partial charge on any atom is 0.251 e. The Morgan fingerprint density at radius 3 is 2.78 bits per heavy atom. The van der Waals surface area contributed by atoms with E-state index in [1.54, 1.807) is 25.1 Å². The molecule has 1 N–H and O–H groups in total. The average molecular weight is 325 g/mol. The Bertz CT molecular complexity index is 655. The molecule has 0 amide bonds. The second-order valence-electron chi connectivity index (χ2n) is 3.60. The number of rotatable bonds is 3. The third-order valence-corrected chi connectivity index (χ3v) is 4.03. The molecule has 1 aromatic carbocycles. The lowest BCUT2D eigenvalue weighted by atomic mass is 10.2. The number of nitrogens with zero attached hydrogens (tertiary/aromatic N) is 1. The molecule has 2 aromatic rings. The van der Waals surface area contributed by atoms with Crippen LogP contribution in [0.2, 0.25) is 0 Å². The number of aldehydes is 1. The lowest BCUT2D eigenvalue weighted by Crippen LogP contribution is -2.07. The highest BCUT2D eigenvalue weighted by atomic mass is 79.9. The molecule has 0 bridgehead atoms. The molecule has 0 spiro atoms. The minimum atomic E-state index is -0.175. The van der Waals surface area contributed by atoms with Gasteiger partial charge in [0.15, 0.2) is 5.16 Å². The molecule has 0 aliphatic carbocycles. The first-order valence-electron chi connectivity index (χ1n) is 5.09. The van der Waals surface area contributed by atoms with Gasteiger partial charge in [-0.15, -0.1) is 0 Å². The second kappa shape index (κ2) is 5.49. The largest absolute Gasteiger partial charge is 0.301 e. The maximum atomic E-state index is 11.3. The summed E-state index contributed by atoms with van der Waals surface area (Å²) in [5, 5.41) is 0.527. The fourth-order valence-electron chi connectivity index (χ4n) is 1.38. The van der Waals surface area contributed by atoms with Gasteiger partial charge in [-0.3, -0.25) is 9.59 Å². The van der Waals surface area contributed by atoms with E-state index in [-0.39, 0.29) is 5.56 Å². The van der Waals surface area contributed by atoms with Gasteiger partial charge in [-0.25, -0.2) is 4.98 Å². The zero-order chi connectivity index (χ0) is 13.1. The third-order valence-electron chi connectivity index (χ3n) is 2.15. The van der Waals surface area contributed by atoms with E-state index in [9.17, 15) is 9.59 Å². The molecule has 0 aliphatic heterocycles. The minimum absolute atomic E-state index is 0.175. The number of carbonyl (C=O) groups is 1. The number of hydrogen-bond donors (Lipinski definition) is 1. The molecule has 1 aromatic heterocycles. The summed E-state index contributed by atoms with van der Waals surface area (Å²) in [6.07, 6.45) is 0.784. The SMILES string of the molecule is Cc1cc(=O)[nH]c(Sc2ccc(C=O)cc2Br)n1. The van der Waals surface area contributed by atoms with E-state index >= 15 is 0 Å². The predicted molar refractivity (Wildman–Crippen MR) is 73.2 cm³/mol. The van der Waals surface area contributed by atoms with Crippen molar-refractivity contribution < 1.29 is 4.79 Å². The average Bonchev–Trinajstić information content (AvgIpc) is 2.30. The van der Waals surface area contributed by atoms with Crippen molar-refractivity contribution in [2.75, 3.05) is 0 Å². The van der Waals surface area contributed by atoms with Gasteiger partial charge in [0.1, 0.15) is 6.29 Å². The van der Waals surface area contributed by atoms with Crippen LogP contribution in [0, 0.1) is 6.92 Å². The van der Waals surface area contributed by atoms with Crippen LogP contribution in [0.15, 0.2) is 43.6 Å². The van der Waals surface area contributed by atoms with Crippen LogP contribution >= 0.6 is 27.7 Å². The summed E-state index contributed by atoms with van der Waals surface area (Å²) in [5.74, 6) is 0. The summed E-state index contributed by atoms with van der Waals surface area (Å²) in [7, 11) is 0. The highest BCUT2D eigenvalue weighted by Gasteiger charge is 2.06. The van der Waals surface area contributed by atoms with E-state index < -0.39 is 0 Å². The van der Waals surface area contributed by atoms with Crippen LogP contribution < -0.4 is 5.56 Å². The molecule has 6 heteroatoms. The molecule has 0 unspecified atom stereocenters. The van der Waals surface area contributed by atoms with Crippen molar-refractivity contribution in [2.45, 2.75) is 17.0 Å². The molecule has 2 rings (SSSR count). The highest BCUT2D eigenvalue weighted by molar-refractivity contribution is 9.10. The quantitative estimate of drug-likeness (QED) is 0.696. The standard InChI is InChI=1S/C12H9BrN2O2S/c1-7-4-11(17)15-12(14-7)18-10-3-2-8(6-16)5-9(10)13/h2-6H,1H3,(H,14,15,17).